The highest BCUT2D eigenvalue weighted by molar-refractivity contribution is 8.01. The average Bonchev–Trinajstić information content (AvgIpc) is 1.59. The van der Waals surface area contributed by atoms with Crippen LogP contribution in [0.3, 0.4) is 0 Å². The lowest BCUT2D eigenvalue weighted by Crippen LogP contribution is -2.17. The Hall–Kier alpha value is 0.130. The van der Waals surface area contributed by atoms with Crippen LogP contribution >= 0.6 is 35.1 Å². The van der Waals surface area contributed by atoms with Crippen LogP contribution in [0.2, 0.25) is 0 Å². The predicted molar refractivity (Wildman–Crippen MR) is 34.3 cm³/mol. The molecule has 0 unspecified atom stereocenters. The summed E-state index contributed by atoms with van der Waals surface area (Å²) in [7, 11) is 0. The second-order valence-electron chi connectivity index (χ2n) is 0.955. The van der Waals surface area contributed by atoms with Crippen LogP contribution in [-0.2, 0) is 0 Å². The van der Waals surface area contributed by atoms with Crippen molar-refractivity contribution in [3.8, 4) is 0 Å². The highest BCUT2D eigenvalue weighted by Crippen LogP contribution is 2.33. The van der Waals surface area contributed by atoms with Gasteiger partial charge in [0.05, 0.1) is 0 Å². The molecule has 0 spiro atoms. The summed E-state index contributed by atoms with van der Waals surface area (Å²) in [5.41, 5.74) is 0. The fourth-order valence-electron chi connectivity index (χ4n) is 0.102. The van der Waals surface area contributed by atoms with Gasteiger partial charge in [0.15, 0.2) is 0 Å². The Morgan fingerprint density at radius 2 is 2.22 bits per heavy atom. The van der Waals surface area contributed by atoms with Crippen LogP contribution in [0.5, 0.6) is 0 Å². The van der Waals surface area contributed by atoms with E-state index in [9.17, 15) is 9.18 Å². The molecule has 0 atom stereocenters. The average molecular weight is 194 g/mol. The summed E-state index contributed by atoms with van der Waals surface area (Å²) in [6, 6.07) is 0. The molecule has 0 radical (unpaired) electrons. The van der Waals surface area contributed by atoms with E-state index in [1.54, 1.807) is 4.72 Å². The molecule has 0 aliphatic carbocycles. The van der Waals surface area contributed by atoms with Crippen molar-refractivity contribution in [2.75, 3.05) is 0 Å². The molecule has 1 amide bonds. The lowest BCUT2D eigenvalue weighted by molar-refractivity contribution is 0.201. The van der Waals surface area contributed by atoms with Crippen LogP contribution in [0.1, 0.15) is 0 Å². The summed E-state index contributed by atoms with van der Waals surface area (Å²) in [6.07, 6.45) is -1.40. The van der Waals surface area contributed by atoms with Gasteiger partial charge in [-0.25, -0.2) is 4.79 Å². The number of halogens is 3. The number of hydrogen-bond acceptors (Lipinski definition) is 2. The lowest BCUT2D eigenvalue weighted by atomic mass is 11.3. The van der Waals surface area contributed by atoms with E-state index in [0.29, 0.717) is 0 Å². The third-order valence-corrected chi connectivity index (χ3v) is 1.23. The van der Waals surface area contributed by atoms with Gasteiger partial charge in [0.1, 0.15) is 0 Å². The topological polar surface area (TPSA) is 49.3 Å². The molecule has 3 nitrogen and oxygen atoms in total. The van der Waals surface area contributed by atoms with Gasteiger partial charge in [-0.05, 0) is 0 Å². The highest BCUT2D eigenvalue weighted by atomic mass is 35.5. The summed E-state index contributed by atoms with van der Waals surface area (Å²) < 4.78 is 10.9. The minimum atomic E-state index is -2.60. The summed E-state index contributed by atoms with van der Waals surface area (Å²) >= 11 is 9.48. The third-order valence-electron chi connectivity index (χ3n) is 0.254. The fraction of sp³-hybridized carbons (Fsp3) is 0.500. The maximum atomic E-state index is 11.9. The standard InChI is InChI=1S/C2H2Cl2FNO2S/c3-2(4,5)9-6-1(7)8/h6H,(H,7,8). The van der Waals surface area contributed by atoms with Gasteiger partial charge in [-0.3, -0.25) is 4.72 Å². The van der Waals surface area contributed by atoms with Gasteiger partial charge < -0.3 is 5.11 Å². The number of carbonyl (C=O) groups is 1. The molecule has 0 aliphatic rings. The van der Waals surface area contributed by atoms with Crippen molar-refractivity contribution in [3.05, 3.63) is 0 Å². The molecule has 7 heteroatoms. The molecular weight excluding hydrogens is 192 g/mol. The number of amides is 1. The van der Waals surface area contributed by atoms with Gasteiger partial charge in [-0.15, -0.1) is 0 Å². The first kappa shape index (κ1) is 9.13. The van der Waals surface area contributed by atoms with Gasteiger partial charge in [0, 0.05) is 11.9 Å². The Kier molecular flexibility index (Phi) is 3.38. The largest absolute Gasteiger partial charge is 0.464 e. The van der Waals surface area contributed by atoms with Gasteiger partial charge in [-0.1, -0.05) is 23.2 Å². The zero-order valence-electron chi connectivity index (χ0n) is 3.90. The third kappa shape index (κ3) is 8.13. The molecular formula is C2H2Cl2FNO2S. The van der Waals surface area contributed by atoms with Crippen LogP contribution in [0, 0.1) is 0 Å². The van der Waals surface area contributed by atoms with E-state index in [2.05, 4.69) is 0 Å². The van der Waals surface area contributed by atoms with E-state index in [1.807, 2.05) is 0 Å². The Morgan fingerprint density at radius 1 is 1.78 bits per heavy atom. The summed E-state index contributed by atoms with van der Waals surface area (Å²) in [5, 5.41) is 7.86. The van der Waals surface area contributed by atoms with Crippen molar-refractivity contribution in [3.63, 3.8) is 0 Å². The van der Waals surface area contributed by atoms with Crippen LogP contribution in [-0.4, -0.2) is 15.1 Å². The van der Waals surface area contributed by atoms with Crippen molar-refractivity contribution < 1.29 is 14.3 Å². The second kappa shape index (κ2) is 3.34. The van der Waals surface area contributed by atoms with Gasteiger partial charge in [0.25, 0.3) is 0 Å². The first-order valence-corrected chi connectivity index (χ1v) is 3.23. The Morgan fingerprint density at radius 3 is 2.33 bits per heavy atom. The Labute approximate surface area is 64.6 Å². The number of rotatable bonds is 2. The molecule has 0 aromatic heterocycles. The van der Waals surface area contributed by atoms with E-state index in [4.69, 9.17) is 28.3 Å². The van der Waals surface area contributed by atoms with Crippen LogP contribution in [0.4, 0.5) is 9.18 Å². The second-order valence-corrected chi connectivity index (χ2v) is 3.61. The zero-order chi connectivity index (χ0) is 7.49. The first-order valence-electron chi connectivity index (χ1n) is 1.65. The Bertz CT molecular complexity index is 116. The summed E-state index contributed by atoms with van der Waals surface area (Å²) in [5.74, 6) is 0. The van der Waals surface area contributed by atoms with E-state index in [1.165, 1.54) is 0 Å². The maximum absolute atomic E-state index is 11.9. The number of alkyl halides is 3. The van der Waals surface area contributed by atoms with Crippen molar-refractivity contribution in [1.29, 1.82) is 0 Å². The zero-order valence-corrected chi connectivity index (χ0v) is 6.23. The molecule has 9 heavy (non-hydrogen) atoms. The Balaban J connectivity index is 3.39. The van der Waals surface area contributed by atoms with Crippen LogP contribution in [0.25, 0.3) is 0 Å². The number of nitrogens with one attached hydrogen (secondary N) is 1. The van der Waals surface area contributed by atoms with Gasteiger partial charge in [0.2, 0.25) is 0 Å². The minimum absolute atomic E-state index is 0.0563. The molecule has 0 aliphatic heterocycles. The SMILES string of the molecule is O=C(O)NSC(F)(Cl)Cl. The molecule has 2 N–H and O–H groups in total. The molecule has 0 saturated carbocycles. The summed E-state index contributed by atoms with van der Waals surface area (Å²) in [4.78, 5) is 9.63. The predicted octanol–water partition coefficient (Wildman–Crippen LogP) is 1.96. The quantitative estimate of drug-likeness (QED) is 0.521. The van der Waals surface area contributed by atoms with Crippen molar-refractivity contribution >= 4 is 41.2 Å². The van der Waals surface area contributed by atoms with Crippen LogP contribution in [0.15, 0.2) is 0 Å². The monoisotopic (exact) mass is 193 g/mol. The van der Waals surface area contributed by atoms with Crippen LogP contribution < -0.4 is 4.72 Å². The van der Waals surface area contributed by atoms with Gasteiger partial charge >= 0.3 is 10.0 Å². The molecule has 0 aromatic rings. The van der Waals surface area contributed by atoms with E-state index < -0.39 is 10.0 Å². The molecule has 0 heterocycles. The lowest BCUT2D eigenvalue weighted by Gasteiger charge is -2.05. The van der Waals surface area contributed by atoms with Crippen molar-refractivity contribution in [2.24, 2.45) is 0 Å². The highest BCUT2D eigenvalue weighted by Gasteiger charge is 2.24. The van der Waals surface area contributed by atoms with Gasteiger partial charge in [-0.2, -0.15) is 4.39 Å². The maximum Gasteiger partial charge on any atom is 0.414 e. The first-order chi connectivity index (χ1) is 3.92. The molecule has 54 valence electrons. The minimum Gasteiger partial charge on any atom is -0.464 e. The van der Waals surface area contributed by atoms with Crippen molar-refractivity contribution in [1.82, 2.24) is 4.72 Å². The molecule has 0 rings (SSSR count). The summed E-state index contributed by atoms with van der Waals surface area (Å²) in [6.45, 7) is 0. The molecule has 0 bridgehead atoms. The molecule has 0 aromatic carbocycles. The number of carboxylic acid groups (broad SMARTS) is 1. The fourth-order valence-corrected chi connectivity index (χ4v) is 0.536. The molecule has 0 saturated heterocycles. The molecule has 0 fully saturated rings. The van der Waals surface area contributed by atoms with Crippen molar-refractivity contribution in [2.45, 2.75) is 3.92 Å². The smallest absolute Gasteiger partial charge is 0.414 e. The van der Waals surface area contributed by atoms with E-state index in [-0.39, 0.29) is 11.9 Å². The normalized spacial score (nSPS) is 11.0. The number of hydrogen-bond donors (Lipinski definition) is 2. The van der Waals surface area contributed by atoms with E-state index in [0.717, 1.165) is 0 Å². The van der Waals surface area contributed by atoms with E-state index >= 15 is 0 Å².